The summed E-state index contributed by atoms with van der Waals surface area (Å²) >= 11 is 0. The monoisotopic (exact) mass is 343 g/mol. The molecule has 1 fully saturated rings. The number of aromatic nitrogens is 2. The molecule has 134 valence electrons. The number of carbonyl (C=O) groups is 1. The summed E-state index contributed by atoms with van der Waals surface area (Å²) in [5.41, 5.74) is 1.80. The molecule has 2 N–H and O–H groups in total. The van der Waals surface area contributed by atoms with Gasteiger partial charge in [-0.3, -0.25) is 14.9 Å². The topological polar surface area (TPSA) is 73.6 Å². The number of β-amino-alcohol motifs (C(OH)–C–C–N with tert-alkyl or cyclic N) is 1. The number of rotatable bonds is 4. The minimum atomic E-state index is -0.501. The Bertz CT molecular complexity index is 708. The Balaban J connectivity index is 1.48. The highest BCUT2D eigenvalue weighted by Crippen LogP contribution is 2.15. The van der Waals surface area contributed by atoms with Crippen LogP contribution in [-0.4, -0.2) is 63.4 Å². The van der Waals surface area contributed by atoms with Crippen molar-refractivity contribution in [3.05, 3.63) is 47.7 Å². The van der Waals surface area contributed by atoms with Crippen LogP contribution in [-0.2, 0) is 7.05 Å². The van der Waals surface area contributed by atoms with Crippen LogP contribution in [0.15, 0.2) is 36.4 Å². The second-order valence-corrected chi connectivity index (χ2v) is 6.44. The predicted molar refractivity (Wildman–Crippen MR) is 96.4 cm³/mol. The van der Waals surface area contributed by atoms with Crippen molar-refractivity contribution in [2.45, 2.75) is 13.0 Å². The van der Waals surface area contributed by atoms with Crippen molar-refractivity contribution in [3.8, 4) is 0 Å². The van der Waals surface area contributed by atoms with Crippen LogP contribution in [0.1, 0.15) is 17.4 Å². The molecule has 1 aliphatic rings. The van der Waals surface area contributed by atoms with Gasteiger partial charge in [-0.2, -0.15) is 5.10 Å². The Kier molecular flexibility index (Phi) is 5.35. The minimum absolute atomic E-state index is 0.105. The first-order valence-electron chi connectivity index (χ1n) is 8.55. The predicted octanol–water partition coefficient (Wildman–Crippen LogP) is 1.61. The fourth-order valence-electron chi connectivity index (χ4n) is 3.07. The van der Waals surface area contributed by atoms with Gasteiger partial charge in [-0.25, -0.2) is 4.79 Å². The first-order valence-corrected chi connectivity index (χ1v) is 8.55. The molecule has 25 heavy (non-hydrogen) atoms. The van der Waals surface area contributed by atoms with Crippen LogP contribution in [0.5, 0.6) is 0 Å². The van der Waals surface area contributed by atoms with Crippen molar-refractivity contribution in [1.29, 1.82) is 0 Å². The van der Waals surface area contributed by atoms with E-state index in [9.17, 15) is 9.90 Å². The number of carbonyl (C=O) groups excluding carboxylic acids is 1. The van der Waals surface area contributed by atoms with Crippen LogP contribution in [0, 0.1) is 6.92 Å². The highest BCUT2D eigenvalue weighted by molar-refractivity contribution is 5.88. The van der Waals surface area contributed by atoms with E-state index in [1.807, 2.05) is 50.4 Å². The Hall–Kier alpha value is -2.38. The molecule has 2 heterocycles. The number of hydrogen-bond acceptors (Lipinski definition) is 4. The van der Waals surface area contributed by atoms with Gasteiger partial charge in [0.1, 0.15) is 5.82 Å². The minimum Gasteiger partial charge on any atom is -0.387 e. The van der Waals surface area contributed by atoms with Crippen molar-refractivity contribution in [1.82, 2.24) is 19.6 Å². The molecular formula is C18H25N5O2. The first-order chi connectivity index (χ1) is 12.0. The van der Waals surface area contributed by atoms with Crippen molar-refractivity contribution in [2.75, 3.05) is 38.0 Å². The zero-order valence-corrected chi connectivity index (χ0v) is 14.7. The second kappa shape index (κ2) is 7.67. The number of nitrogens with one attached hydrogen (secondary N) is 1. The number of nitrogens with zero attached hydrogens (tertiary/aromatic N) is 4. The number of hydrogen-bond donors (Lipinski definition) is 2. The molecule has 7 nitrogen and oxygen atoms in total. The average molecular weight is 343 g/mol. The molecule has 2 amide bonds. The lowest BCUT2D eigenvalue weighted by molar-refractivity contribution is 0.0831. The number of aryl methyl sites for hydroxylation is 2. The summed E-state index contributed by atoms with van der Waals surface area (Å²) in [4.78, 5) is 16.4. The highest BCUT2D eigenvalue weighted by Gasteiger charge is 2.23. The normalized spacial score (nSPS) is 16.7. The summed E-state index contributed by atoms with van der Waals surface area (Å²) in [6.45, 7) is 5.27. The van der Waals surface area contributed by atoms with Gasteiger partial charge in [0.25, 0.3) is 0 Å². The van der Waals surface area contributed by atoms with Gasteiger partial charge in [0.15, 0.2) is 0 Å². The van der Waals surface area contributed by atoms with Gasteiger partial charge in [0, 0.05) is 45.8 Å². The van der Waals surface area contributed by atoms with E-state index in [0.29, 0.717) is 25.5 Å². The molecule has 3 rings (SSSR count). The van der Waals surface area contributed by atoms with Crippen LogP contribution >= 0.6 is 0 Å². The number of aliphatic hydroxyl groups excluding tert-OH is 1. The van der Waals surface area contributed by atoms with E-state index in [2.05, 4.69) is 15.3 Å². The third-order valence-corrected chi connectivity index (χ3v) is 4.51. The Morgan fingerprint density at radius 1 is 1.24 bits per heavy atom. The molecule has 0 unspecified atom stereocenters. The largest absolute Gasteiger partial charge is 0.387 e. The summed E-state index contributed by atoms with van der Waals surface area (Å²) in [6.07, 6.45) is -0.501. The molecule has 1 saturated heterocycles. The van der Waals surface area contributed by atoms with E-state index in [0.717, 1.165) is 24.3 Å². The third-order valence-electron chi connectivity index (χ3n) is 4.51. The van der Waals surface area contributed by atoms with Gasteiger partial charge in [-0.05, 0) is 12.5 Å². The van der Waals surface area contributed by atoms with Gasteiger partial charge >= 0.3 is 6.03 Å². The zero-order valence-electron chi connectivity index (χ0n) is 14.7. The summed E-state index contributed by atoms with van der Waals surface area (Å²) in [7, 11) is 1.81. The van der Waals surface area contributed by atoms with Crippen LogP contribution < -0.4 is 5.32 Å². The number of aliphatic hydroxyl groups is 1. The summed E-state index contributed by atoms with van der Waals surface area (Å²) in [5.74, 6) is 0.699. The standard InChI is InChI=1S/C18H25N5O2/c1-14-12-17(21(2)20-14)19-18(25)23-10-8-22(9-11-23)13-16(24)15-6-4-3-5-7-15/h3-7,12,16,24H,8-11,13H2,1-2H3,(H,19,25)/t16-/m0/s1. The molecule has 0 saturated carbocycles. The Labute approximate surface area is 147 Å². The maximum Gasteiger partial charge on any atom is 0.323 e. The van der Waals surface area contributed by atoms with Gasteiger partial charge in [0.2, 0.25) is 0 Å². The quantitative estimate of drug-likeness (QED) is 0.885. The number of amides is 2. The maximum absolute atomic E-state index is 12.4. The first kappa shape index (κ1) is 17.4. The lowest BCUT2D eigenvalue weighted by Crippen LogP contribution is -2.50. The fraction of sp³-hybridized carbons (Fsp3) is 0.444. The molecule has 7 heteroatoms. The fourth-order valence-corrected chi connectivity index (χ4v) is 3.07. The number of piperazine rings is 1. The molecule has 1 aliphatic heterocycles. The molecule has 2 aromatic rings. The van der Waals surface area contributed by atoms with Crippen LogP contribution in [0.25, 0.3) is 0 Å². The SMILES string of the molecule is Cc1cc(NC(=O)N2CCN(C[C@H](O)c3ccccc3)CC2)n(C)n1. The third kappa shape index (κ3) is 4.37. The van der Waals surface area contributed by atoms with Gasteiger partial charge in [-0.1, -0.05) is 30.3 Å². The number of anilines is 1. The lowest BCUT2D eigenvalue weighted by Gasteiger charge is -2.35. The van der Waals surface area contributed by atoms with Crippen molar-refractivity contribution >= 4 is 11.8 Å². The molecular weight excluding hydrogens is 318 g/mol. The van der Waals surface area contributed by atoms with Crippen molar-refractivity contribution < 1.29 is 9.90 Å². The van der Waals surface area contributed by atoms with Gasteiger partial charge < -0.3 is 10.0 Å². The van der Waals surface area contributed by atoms with Crippen molar-refractivity contribution in [3.63, 3.8) is 0 Å². The zero-order chi connectivity index (χ0) is 17.8. The molecule has 0 bridgehead atoms. The molecule has 1 atom stereocenters. The second-order valence-electron chi connectivity index (χ2n) is 6.44. The van der Waals surface area contributed by atoms with Crippen LogP contribution in [0.3, 0.4) is 0 Å². The van der Waals surface area contributed by atoms with Crippen LogP contribution in [0.4, 0.5) is 10.6 Å². The van der Waals surface area contributed by atoms with E-state index in [1.165, 1.54) is 0 Å². The molecule has 1 aromatic carbocycles. The van der Waals surface area contributed by atoms with E-state index >= 15 is 0 Å². The van der Waals surface area contributed by atoms with Gasteiger partial charge in [-0.15, -0.1) is 0 Å². The van der Waals surface area contributed by atoms with E-state index in [4.69, 9.17) is 0 Å². The molecule has 0 spiro atoms. The van der Waals surface area contributed by atoms with Crippen molar-refractivity contribution in [2.24, 2.45) is 7.05 Å². The Morgan fingerprint density at radius 3 is 2.52 bits per heavy atom. The lowest BCUT2D eigenvalue weighted by atomic mass is 10.1. The molecule has 1 aromatic heterocycles. The van der Waals surface area contributed by atoms with Gasteiger partial charge in [0.05, 0.1) is 11.8 Å². The average Bonchev–Trinajstić information content (AvgIpc) is 2.93. The highest BCUT2D eigenvalue weighted by atomic mass is 16.3. The molecule has 0 aliphatic carbocycles. The number of benzene rings is 1. The Morgan fingerprint density at radius 2 is 1.92 bits per heavy atom. The van der Waals surface area contributed by atoms with E-state index in [-0.39, 0.29) is 6.03 Å². The maximum atomic E-state index is 12.4. The molecule has 0 radical (unpaired) electrons. The summed E-state index contributed by atoms with van der Waals surface area (Å²) < 4.78 is 1.67. The van der Waals surface area contributed by atoms with E-state index < -0.39 is 6.10 Å². The smallest absolute Gasteiger partial charge is 0.323 e. The summed E-state index contributed by atoms with van der Waals surface area (Å²) in [6, 6.07) is 11.4. The van der Waals surface area contributed by atoms with Crippen LogP contribution in [0.2, 0.25) is 0 Å². The number of urea groups is 1. The van der Waals surface area contributed by atoms with E-state index in [1.54, 1.807) is 9.58 Å². The summed E-state index contributed by atoms with van der Waals surface area (Å²) in [5, 5.41) is 17.5.